The Morgan fingerprint density at radius 3 is 3.00 bits per heavy atom. The Morgan fingerprint density at radius 1 is 1.39 bits per heavy atom. The van der Waals surface area contributed by atoms with E-state index in [1.165, 1.54) is 18.4 Å². The molecular formula is C22H30N4OS. The summed E-state index contributed by atoms with van der Waals surface area (Å²) in [6, 6.07) is 6.14. The van der Waals surface area contributed by atoms with Crippen molar-refractivity contribution in [1.29, 1.82) is 0 Å². The highest BCUT2D eigenvalue weighted by molar-refractivity contribution is 7.80. The van der Waals surface area contributed by atoms with Gasteiger partial charge in [0.05, 0.1) is 19.1 Å². The van der Waals surface area contributed by atoms with Gasteiger partial charge in [-0.2, -0.15) is 0 Å². The average Bonchev–Trinajstić information content (AvgIpc) is 3.22. The molecule has 1 N–H and O–H groups in total. The molecule has 6 heteroatoms. The van der Waals surface area contributed by atoms with Crippen molar-refractivity contribution in [2.24, 2.45) is 5.92 Å². The summed E-state index contributed by atoms with van der Waals surface area (Å²) < 4.78 is 7.64. The van der Waals surface area contributed by atoms with E-state index < -0.39 is 0 Å². The highest BCUT2D eigenvalue weighted by Crippen LogP contribution is 2.26. The van der Waals surface area contributed by atoms with E-state index in [4.69, 9.17) is 17.0 Å². The van der Waals surface area contributed by atoms with Crippen molar-refractivity contribution in [2.75, 3.05) is 25.5 Å². The highest BCUT2D eigenvalue weighted by atomic mass is 32.1. The number of ether oxygens (including phenoxy) is 1. The Bertz CT molecular complexity index is 788. The molecule has 0 saturated heterocycles. The van der Waals surface area contributed by atoms with Gasteiger partial charge in [0.15, 0.2) is 5.11 Å². The Hall–Kier alpha value is -2.34. The topological polar surface area (TPSA) is 42.3 Å². The molecule has 3 rings (SSSR count). The molecule has 1 atom stereocenters. The number of aryl methyl sites for hydroxylation is 2. The summed E-state index contributed by atoms with van der Waals surface area (Å²) >= 11 is 5.80. The summed E-state index contributed by atoms with van der Waals surface area (Å²) in [5.74, 6) is 1.47. The van der Waals surface area contributed by atoms with Gasteiger partial charge in [0, 0.05) is 32.0 Å². The molecule has 1 aromatic heterocycles. The van der Waals surface area contributed by atoms with Gasteiger partial charge in [-0.05, 0) is 68.4 Å². The van der Waals surface area contributed by atoms with E-state index in [1.807, 2.05) is 30.9 Å². The molecule has 1 aromatic carbocycles. The Balaban J connectivity index is 1.65. The first kappa shape index (κ1) is 20.4. The second kappa shape index (κ2) is 10.3. The Morgan fingerprint density at radius 2 is 2.29 bits per heavy atom. The molecule has 1 heterocycles. The fraction of sp³-hybridized carbons (Fsp3) is 0.455. The molecule has 0 bridgehead atoms. The number of aromatic nitrogens is 2. The van der Waals surface area contributed by atoms with Crippen LogP contribution in [0.5, 0.6) is 5.75 Å². The molecule has 150 valence electrons. The number of anilines is 1. The number of methoxy groups -OCH3 is 1. The molecule has 2 aromatic rings. The Labute approximate surface area is 173 Å². The number of thiocarbonyl (C=S) groups is 1. The maximum absolute atomic E-state index is 5.80. The molecular weight excluding hydrogens is 368 g/mol. The third kappa shape index (κ3) is 5.83. The third-order valence-corrected chi connectivity index (χ3v) is 5.51. The van der Waals surface area contributed by atoms with E-state index in [-0.39, 0.29) is 0 Å². The zero-order chi connectivity index (χ0) is 19.8. The van der Waals surface area contributed by atoms with Gasteiger partial charge < -0.3 is 19.5 Å². The molecule has 0 saturated carbocycles. The number of rotatable bonds is 8. The van der Waals surface area contributed by atoms with Crippen molar-refractivity contribution in [2.45, 2.75) is 39.2 Å². The van der Waals surface area contributed by atoms with Crippen molar-refractivity contribution in [3.63, 3.8) is 0 Å². The molecule has 0 radical (unpaired) electrons. The predicted molar refractivity (Wildman–Crippen MR) is 119 cm³/mol. The second-order valence-electron chi connectivity index (χ2n) is 7.38. The van der Waals surface area contributed by atoms with Gasteiger partial charge in [-0.15, -0.1) is 0 Å². The molecule has 0 amide bonds. The predicted octanol–water partition coefficient (Wildman–Crippen LogP) is 4.65. The van der Waals surface area contributed by atoms with Crippen LogP contribution in [0.1, 0.15) is 31.2 Å². The summed E-state index contributed by atoms with van der Waals surface area (Å²) in [5, 5.41) is 4.18. The SMILES string of the molecule is COc1cc(C)ccc1NC(=S)N(CCCn1ccnc1)CC1CC=CCC1. The van der Waals surface area contributed by atoms with Gasteiger partial charge in [0.25, 0.3) is 0 Å². The monoisotopic (exact) mass is 398 g/mol. The number of allylic oxidation sites excluding steroid dienone is 2. The Kier molecular flexibility index (Phi) is 7.48. The first-order chi connectivity index (χ1) is 13.7. The molecule has 0 fully saturated rings. The number of hydrogen-bond acceptors (Lipinski definition) is 3. The van der Waals surface area contributed by atoms with Crippen LogP contribution in [0.2, 0.25) is 0 Å². The molecule has 0 aliphatic heterocycles. The van der Waals surface area contributed by atoms with Gasteiger partial charge >= 0.3 is 0 Å². The first-order valence-electron chi connectivity index (χ1n) is 9.97. The number of nitrogens with one attached hydrogen (secondary N) is 1. The van der Waals surface area contributed by atoms with Crippen LogP contribution in [0, 0.1) is 12.8 Å². The normalized spacial score (nSPS) is 16.0. The minimum Gasteiger partial charge on any atom is -0.495 e. The van der Waals surface area contributed by atoms with Gasteiger partial charge in [-0.1, -0.05) is 18.2 Å². The van der Waals surface area contributed by atoms with Gasteiger partial charge in [0.1, 0.15) is 5.75 Å². The standard InChI is InChI=1S/C22H30N4OS/c1-18-9-10-20(21(15-18)27-2)24-22(28)26(16-19-7-4-3-5-8-19)13-6-12-25-14-11-23-17-25/h3-4,9-11,14-15,17,19H,5-8,12-13,16H2,1-2H3,(H,24,28). The number of hydrogen-bond donors (Lipinski definition) is 1. The van der Waals surface area contributed by atoms with Crippen LogP contribution in [0.25, 0.3) is 0 Å². The van der Waals surface area contributed by atoms with Crippen LogP contribution in [0.3, 0.4) is 0 Å². The third-order valence-electron chi connectivity index (χ3n) is 5.15. The van der Waals surface area contributed by atoms with Crippen LogP contribution >= 0.6 is 12.2 Å². The van der Waals surface area contributed by atoms with Crippen molar-refractivity contribution in [3.05, 3.63) is 54.6 Å². The molecule has 28 heavy (non-hydrogen) atoms. The first-order valence-corrected chi connectivity index (χ1v) is 10.4. The average molecular weight is 399 g/mol. The van der Waals surface area contributed by atoms with E-state index in [0.717, 1.165) is 49.0 Å². The minimum absolute atomic E-state index is 0.651. The lowest BCUT2D eigenvalue weighted by Gasteiger charge is -2.31. The number of benzene rings is 1. The molecule has 5 nitrogen and oxygen atoms in total. The minimum atomic E-state index is 0.651. The summed E-state index contributed by atoms with van der Waals surface area (Å²) in [5.41, 5.74) is 2.08. The van der Waals surface area contributed by atoms with Gasteiger partial charge in [-0.3, -0.25) is 0 Å². The van der Waals surface area contributed by atoms with Crippen LogP contribution < -0.4 is 10.1 Å². The maximum Gasteiger partial charge on any atom is 0.173 e. The van der Waals surface area contributed by atoms with Crippen LogP contribution in [-0.2, 0) is 6.54 Å². The van der Waals surface area contributed by atoms with Crippen molar-refractivity contribution in [1.82, 2.24) is 14.5 Å². The van der Waals surface area contributed by atoms with E-state index in [1.54, 1.807) is 7.11 Å². The van der Waals surface area contributed by atoms with Crippen LogP contribution in [-0.4, -0.2) is 39.8 Å². The molecule has 1 aliphatic rings. The van der Waals surface area contributed by atoms with Crippen LogP contribution in [0.4, 0.5) is 5.69 Å². The lowest BCUT2D eigenvalue weighted by Crippen LogP contribution is -2.39. The van der Waals surface area contributed by atoms with E-state index >= 15 is 0 Å². The lowest BCUT2D eigenvalue weighted by atomic mass is 9.94. The van der Waals surface area contributed by atoms with Gasteiger partial charge in [0.2, 0.25) is 0 Å². The van der Waals surface area contributed by atoms with E-state index in [0.29, 0.717) is 5.92 Å². The van der Waals surface area contributed by atoms with E-state index in [2.05, 4.69) is 44.9 Å². The molecule has 1 aliphatic carbocycles. The summed E-state index contributed by atoms with van der Waals surface area (Å²) in [6.45, 7) is 4.90. The van der Waals surface area contributed by atoms with Crippen molar-refractivity contribution < 1.29 is 4.74 Å². The largest absolute Gasteiger partial charge is 0.495 e. The quantitative estimate of drug-likeness (QED) is 0.518. The van der Waals surface area contributed by atoms with Crippen molar-refractivity contribution in [3.8, 4) is 5.75 Å². The van der Waals surface area contributed by atoms with E-state index in [9.17, 15) is 0 Å². The fourth-order valence-electron chi connectivity index (χ4n) is 3.57. The summed E-state index contributed by atoms with van der Waals surface area (Å²) in [7, 11) is 1.69. The zero-order valence-corrected chi connectivity index (χ0v) is 17.6. The van der Waals surface area contributed by atoms with Crippen molar-refractivity contribution >= 4 is 23.0 Å². The summed E-state index contributed by atoms with van der Waals surface area (Å²) in [6.07, 6.45) is 14.8. The van der Waals surface area contributed by atoms with Crippen LogP contribution in [0.15, 0.2) is 49.1 Å². The second-order valence-corrected chi connectivity index (χ2v) is 7.77. The number of nitrogens with zero attached hydrogens (tertiary/aromatic N) is 3. The zero-order valence-electron chi connectivity index (χ0n) is 16.8. The molecule has 1 unspecified atom stereocenters. The maximum atomic E-state index is 5.80. The van der Waals surface area contributed by atoms with Gasteiger partial charge in [-0.25, -0.2) is 4.98 Å². The molecule has 0 spiro atoms. The summed E-state index contributed by atoms with van der Waals surface area (Å²) in [4.78, 5) is 6.44. The highest BCUT2D eigenvalue weighted by Gasteiger charge is 2.18. The fourth-order valence-corrected chi connectivity index (χ4v) is 3.84. The lowest BCUT2D eigenvalue weighted by molar-refractivity contribution is 0.316. The smallest absolute Gasteiger partial charge is 0.173 e. The number of imidazole rings is 1.